The molecular weight excluding hydrogens is 162 g/mol. The van der Waals surface area contributed by atoms with Gasteiger partial charge in [0.1, 0.15) is 0 Å². The zero-order chi connectivity index (χ0) is 9.42. The molecule has 1 aromatic heterocycles. The van der Waals surface area contributed by atoms with E-state index in [1.165, 1.54) is 11.3 Å². The molecule has 0 saturated heterocycles. The van der Waals surface area contributed by atoms with Crippen LogP contribution in [0.25, 0.3) is 6.08 Å². The summed E-state index contributed by atoms with van der Waals surface area (Å²) in [5, 5.41) is 0. The predicted molar refractivity (Wildman–Crippen MR) is 52.9 cm³/mol. The molecule has 1 aliphatic rings. The average molecular weight is 175 g/mol. The van der Waals surface area contributed by atoms with Gasteiger partial charge in [-0.05, 0) is 18.1 Å². The minimum absolute atomic E-state index is 0.527. The Morgan fingerprint density at radius 2 is 2.38 bits per heavy atom. The average Bonchev–Trinajstić information content (AvgIpc) is 2.44. The number of aldehydes is 1. The lowest BCUT2D eigenvalue weighted by Gasteiger charge is -2.16. The molecule has 0 aromatic carbocycles. The van der Waals surface area contributed by atoms with Crippen molar-refractivity contribution in [2.24, 2.45) is 7.05 Å². The zero-order valence-electron chi connectivity index (χ0n) is 7.95. The smallest absolute Gasteiger partial charge is 0.166 e. The van der Waals surface area contributed by atoms with Crippen molar-refractivity contribution in [2.75, 3.05) is 0 Å². The van der Waals surface area contributed by atoms with Gasteiger partial charge < -0.3 is 4.57 Å². The van der Waals surface area contributed by atoms with Crippen LogP contribution in [0.5, 0.6) is 0 Å². The molecule has 0 amide bonds. The van der Waals surface area contributed by atoms with Crippen molar-refractivity contribution in [1.82, 2.24) is 4.57 Å². The number of aromatic nitrogens is 1. The first-order valence-corrected chi connectivity index (χ1v) is 4.55. The summed E-state index contributed by atoms with van der Waals surface area (Å²) in [6.07, 6.45) is 6.26. The fourth-order valence-electron chi connectivity index (χ4n) is 2.04. The Balaban J connectivity index is 2.62. The minimum atomic E-state index is 0.527. The third-order valence-electron chi connectivity index (χ3n) is 2.72. The number of fused-ring (bicyclic) bond motifs is 1. The molecule has 0 aliphatic heterocycles. The van der Waals surface area contributed by atoms with Gasteiger partial charge in [0.05, 0.1) is 5.69 Å². The van der Waals surface area contributed by atoms with E-state index in [0.29, 0.717) is 5.92 Å². The van der Waals surface area contributed by atoms with Gasteiger partial charge in [0, 0.05) is 18.7 Å². The first-order chi connectivity index (χ1) is 6.24. The molecule has 1 heterocycles. The van der Waals surface area contributed by atoms with Crippen LogP contribution in [-0.2, 0) is 7.05 Å². The molecule has 2 heteroatoms. The van der Waals surface area contributed by atoms with Crippen LogP contribution in [0.15, 0.2) is 12.1 Å². The summed E-state index contributed by atoms with van der Waals surface area (Å²) in [6.45, 7) is 2.19. The Bertz CT molecular complexity index is 374. The second-order valence-corrected chi connectivity index (χ2v) is 3.63. The van der Waals surface area contributed by atoms with E-state index in [1.807, 2.05) is 17.7 Å². The summed E-state index contributed by atoms with van der Waals surface area (Å²) in [5.74, 6) is 0.527. The lowest BCUT2D eigenvalue weighted by atomic mass is 9.95. The maximum Gasteiger partial charge on any atom is 0.166 e. The molecule has 1 aromatic rings. The normalized spacial score (nSPS) is 20.0. The van der Waals surface area contributed by atoms with E-state index in [9.17, 15) is 4.79 Å². The lowest BCUT2D eigenvalue weighted by Crippen LogP contribution is -2.06. The maximum atomic E-state index is 10.7. The van der Waals surface area contributed by atoms with Crippen LogP contribution in [0.1, 0.15) is 41.0 Å². The monoisotopic (exact) mass is 175 g/mol. The molecule has 2 rings (SSSR count). The standard InChI is InChI=1S/C11H13NO/c1-8-4-3-5-9-6-10(7-13)12(2)11(8)9/h3,5-8H,4H2,1-2H3. The third-order valence-corrected chi connectivity index (χ3v) is 2.72. The van der Waals surface area contributed by atoms with Crippen molar-refractivity contribution in [3.8, 4) is 0 Å². The highest BCUT2D eigenvalue weighted by atomic mass is 16.1. The molecule has 1 atom stereocenters. The quantitative estimate of drug-likeness (QED) is 0.600. The van der Waals surface area contributed by atoms with E-state index in [-0.39, 0.29) is 0 Å². The first-order valence-electron chi connectivity index (χ1n) is 4.55. The minimum Gasteiger partial charge on any atom is -0.345 e. The van der Waals surface area contributed by atoms with E-state index in [1.54, 1.807) is 0 Å². The van der Waals surface area contributed by atoms with Gasteiger partial charge in [0.15, 0.2) is 6.29 Å². The first kappa shape index (κ1) is 8.30. The highest BCUT2D eigenvalue weighted by molar-refractivity contribution is 5.76. The molecule has 0 N–H and O–H groups in total. The molecule has 0 saturated carbocycles. The summed E-state index contributed by atoms with van der Waals surface area (Å²) in [6, 6.07) is 1.95. The number of carbonyl (C=O) groups is 1. The van der Waals surface area contributed by atoms with Gasteiger partial charge in [-0.25, -0.2) is 0 Å². The van der Waals surface area contributed by atoms with E-state index in [0.717, 1.165) is 18.4 Å². The van der Waals surface area contributed by atoms with Gasteiger partial charge >= 0.3 is 0 Å². The summed E-state index contributed by atoms with van der Waals surface area (Å²) in [5.41, 5.74) is 3.25. The van der Waals surface area contributed by atoms with Gasteiger partial charge in [0.2, 0.25) is 0 Å². The zero-order valence-corrected chi connectivity index (χ0v) is 7.95. The molecular formula is C11H13NO. The van der Waals surface area contributed by atoms with Crippen LogP contribution < -0.4 is 0 Å². The second-order valence-electron chi connectivity index (χ2n) is 3.63. The third kappa shape index (κ3) is 1.13. The van der Waals surface area contributed by atoms with Gasteiger partial charge in [-0.15, -0.1) is 0 Å². The number of nitrogens with zero attached hydrogens (tertiary/aromatic N) is 1. The fourth-order valence-corrected chi connectivity index (χ4v) is 2.04. The van der Waals surface area contributed by atoms with Crippen molar-refractivity contribution < 1.29 is 4.79 Å². The van der Waals surface area contributed by atoms with Crippen molar-refractivity contribution in [3.05, 3.63) is 29.1 Å². The molecule has 1 unspecified atom stereocenters. The highest BCUT2D eigenvalue weighted by Crippen LogP contribution is 2.30. The molecule has 13 heavy (non-hydrogen) atoms. The summed E-state index contributed by atoms with van der Waals surface area (Å²) in [7, 11) is 1.96. The summed E-state index contributed by atoms with van der Waals surface area (Å²) >= 11 is 0. The predicted octanol–water partition coefficient (Wildman–Crippen LogP) is 2.36. The van der Waals surface area contributed by atoms with E-state index < -0.39 is 0 Å². The number of carbonyl (C=O) groups excluding carboxylic acids is 1. The Morgan fingerprint density at radius 1 is 1.62 bits per heavy atom. The maximum absolute atomic E-state index is 10.7. The number of hydrogen-bond donors (Lipinski definition) is 0. The molecule has 1 aliphatic carbocycles. The molecule has 68 valence electrons. The number of hydrogen-bond acceptors (Lipinski definition) is 1. The second kappa shape index (κ2) is 2.87. The van der Waals surface area contributed by atoms with E-state index >= 15 is 0 Å². The van der Waals surface area contributed by atoms with E-state index in [2.05, 4.69) is 19.1 Å². The Hall–Kier alpha value is -1.31. The topological polar surface area (TPSA) is 22.0 Å². The largest absolute Gasteiger partial charge is 0.345 e. The van der Waals surface area contributed by atoms with Crippen molar-refractivity contribution in [1.29, 1.82) is 0 Å². The van der Waals surface area contributed by atoms with Crippen LogP contribution in [0.3, 0.4) is 0 Å². The van der Waals surface area contributed by atoms with E-state index in [4.69, 9.17) is 0 Å². The van der Waals surface area contributed by atoms with Gasteiger partial charge in [-0.1, -0.05) is 19.1 Å². The Morgan fingerprint density at radius 3 is 3.00 bits per heavy atom. The molecule has 2 nitrogen and oxygen atoms in total. The van der Waals surface area contributed by atoms with Crippen molar-refractivity contribution >= 4 is 12.4 Å². The summed E-state index contributed by atoms with van der Waals surface area (Å²) < 4.78 is 2.00. The van der Waals surface area contributed by atoms with Crippen LogP contribution in [0.4, 0.5) is 0 Å². The number of rotatable bonds is 1. The number of allylic oxidation sites excluding steroid dienone is 1. The van der Waals surface area contributed by atoms with Crippen LogP contribution in [0.2, 0.25) is 0 Å². The SMILES string of the molecule is CC1CC=Cc2cc(C=O)n(C)c21. The lowest BCUT2D eigenvalue weighted by molar-refractivity contribution is 0.111. The Kier molecular flexibility index (Phi) is 1.83. The van der Waals surface area contributed by atoms with Crippen molar-refractivity contribution in [2.45, 2.75) is 19.3 Å². The molecule has 0 spiro atoms. The Labute approximate surface area is 77.9 Å². The highest BCUT2D eigenvalue weighted by Gasteiger charge is 2.18. The van der Waals surface area contributed by atoms with Gasteiger partial charge in [-0.2, -0.15) is 0 Å². The van der Waals surface area contributed by atoms with Gasteiger partial charge in [-0.3, -0.25) is 4.79 Å². The summed E-state index contributed by atoms with van der Waals surface area (Å²) in [4.78, 5) is 10.7. The van der Waals surface area contributed by atoms with Gasteiger partial charge in [0.25, 0.3) is 0 Å². The molecule has 0 radical (unpaired) electrons. The van der Waals surface area contributed by atoms with Crippen molar-refractivity contribution in [3.63, 3.8) is 0 Å². The van der Waals surface area contributed by atoms with Crippen LogP contribution >= 0.6 is 0 Å². The van der Waals surface area contributed by atoms with Crippen LogP contribution in [0, 0.1) is 0 Å². The molecule has 0 fully saturated rings. The molecule has 0 bridgehead atoms. The fraction of sp³-hybridized carbons (Fsp3) is 0.364. The van der Waals surface area contributed by atoms with Crippen LogP contribution in [-0.4, -0.2) is 10.9 Å².